The first-order chi connectivity index (χ1) is 14.2. The number of anilines is 3. The second-order valence-electron chi connectivity index (χ2n) is 7.09. The Labute approximate surface area is 175 Å². The average Bonchev–Trinajstić information content (AvgIpc) is 3.49. The van der Waals surface area contributed by atoms with E-state index in [1.54, 1.807) is 13.0 Å². The molecule has 0 spiro atoms. The van der Waals surface area contributed by atoms with Crippen molar-refractivity contribution in [1.29, 1.82) is 0 Å². The second kappa shape index (κ2) is 9.09. The van der Waals surface area contributed by atoms with Gasteiger partial charge in [0.05, 0.1) is 32.0 Å². The molecule has 2 unspecified atom stereocenters. The lowest BCUT2D eigenvalue weighted by atomic mass is 10.2. The van der Waals surface area contributed by atoms with Gasteiger partial charge in [0.1, 0.15) is 33.9 Å². The van der Waals surface area contributed by atoms with Crippen LogP contribution in [0, 0.1) is 24.4 Å². The summed E-state index contributed by atoms with van der Waals surface area (Å²) in [5.74, 6) is -3.31. The van der Waals surface area contributed by atoms with E-state index < -0.39 is 53.4 Å². The fraction of sp³-hybridized carbons (Fsp3) is 0.368. The summed E-state index contributed by atoms with van der Waals surface area (Å²) in [4.78, 5) is 9.80. The Balaban J connectivity index is 1.98. The Morgan fingerprint density at radius 3 is 2.47 bits per heavy atom. The maximum Gasteiger partial charge on any atom is 0.184 e. The minimum Gasteiger partial charge on any atom is -0.494 e. The van der Waals surface area contributed by atoms with Gasteiger partial charge in [0.2, 0.25) is 0 Å². The number of hydrogen-bond donors (Lipinski definition) is 4. The molecule has 2 atom stereocenters. The SMILES string of the molecule is COc1cc(F)c(F)c(Nc2ccc(C)cc2F)c1NS(=O)C1(CP(O)CO)CC1. The van der Waals surface area contributed by atoms with Crippen LogP contribution in [0.5, 0.6) is 5.75 Å². The molecule has 1 saturated carbocycles. The predicted molar refractivity (Wildman–Crippen MR) is 112 cm³/mol. The molecule has 2 aromatic rings. The smallest absolute Gasteiger partial charge is 0.184 e. The average molecular weight is 462 g/mol. The quantitative estimate of drug-likeness (QED) is 0.421. The Hall–Kier alpha value is -1.87. The largest absolute Gasteiger partial charge is 0.494 e. The van der Waals surface area contributed by atoms with Crippen LogP contribution in [0.3, 0.4) is 0 Å². The summed E-state index contributed by atoms with van der Waals surface area (Å²) in [5.41, 5.74) is -0.0319. The summed E-state index contributed by atoms with van der Waals surface area (Å²) >= 11 is 0. The first kappa shape index (κ1) is 22.8. The third-order valence-corrected chi connectivity index (χ3v) is 8.06. The van der Waals surface area contributed by atoms with Crippen LogP contribution < -0.4 is 14.8 Å². The standard InChI is InChI=1S/C19H22F3N2O4PS/c1-11-3-4-14(12(20)7-11)23-18-16(22)13(21)8-15(28-2)17(18)24-30(27)19(5-6-19)9-29(26)10-25/h3-4,7-8,23-26H,5-6,9-10H2,1-2H3. The predicted octanol–water partition coefficient (Wildman–Crippen LogP) is 4.11. The topological polar surface area (TPSA) is 90.8 Å². The van der Waals surface area contributed by atoms with Crippen molar-refractivity contribution in [3.8, 4) is 5.75 Å². The minimum absolute atomic E-state index is 0.0960. The molecule has 0 radical (unpaired) electrons. The van der Waals surface area contributed by atoms with Crippen LogP contribution in [0.15, 0.2) is 24.3 Å². The Morgan fingerprint density at radius 1 is 1.20 bits per heavy atom. The van der Waals surface area contributed by atoms with Crippen molar-refractivity contribution in [2.24, 2.45) is 0 Å². The van der Waals surface area contributed by atoms with Crippen LogP contribution in [0.2, 0.25) is 0 Å². The van der Waals surface area contributed by atoms with Gasteiger partial charge in [-0.15, -0.1) is 0 Å². The first-order valence-corrected chi connectivity index (χ1v) is 11.8. The lowest BCUT2D eigenvalue weighted by molar-refractivity contribution is 0.356. The number of hydrogen-bond acceptors (Lipinski definition) is 5. The van der Waals surface area contributed by atoms with Gasteiger partial charge in [-0.05, 0) is 37.5 Å². The van der Waals surface area contributed by atoms with Gasteiger partial charge >= 0.3 is 0 Å². The third kappa shape index (κ3) is 4.72. The van der Waals surface area contributed by atoms with Crippen LogP contribution in [-0.4, -0.2) is 38.6 Å². The molecule has 164 valence electrons. The molecule has 11 heteroatoms. The van der Waals surface area contributed by atoms with Crippen LogP contribution in [0.4, 0.5) is 30.2 Å². The number of nitrogens with one attached hydrogen (secondary N) is 2. The zero-order valence-electron chi connectivity index (χ0n) is 16.3. The van der Waals surface area contributed by atoms with Gasteiger partial charge in [-0.3, -0.25) is 4.72 Å². The molecule has 1 aliphatic rings. The molecule has 2 aromatic carbocycles. The van der Waals surface area contributed by atoms with E-state index >= 15 is 0 Å². The van der Waals surface area contributed by atoms with Crippen molar-refractivity contribution in [3.05, 3.63) is 47.3 Å². The monoisotopic (exact) mass is 462 g/mol. The highest BCUT2D eigenvalue weighted by Gasteiger charge is 2.50. The molecule has 1 fully saturated rings. The highest BCUT2D eigenvalue weighted by molar-refractivity contribution is 7.88. The van der Waals surface area contributed by atoms with Crippen molar-refractivity contribution in [1.82, 2.24) is 0 Å². The normalized spacial score (nSPS) is 16.6. The van der Waals surface area contributed by atoms with Crippen molar-refractivity contribution in [2.45, 2.75) is 24.5 Å². The summed E-state index contributed by atoms with van der Waals surface area (Å²) in [5, 5.41) is 11.6. The molecule has 4 N–H and O–H groups in total. The van der Waals surface area contributed by atoms with Gasteiger partial charge < -0.3 is 20.1 Å². The molecule has 3 rings (SSSR count). The van der Waals surface area contributed by atoms with Gasteiger partial charge in [0.15, 0.2) is 11.6 Å². The number of methoxy groups -OCH3 is 1. The number of ether oxygens (including phenoxy) is 1. The molecule has 30 heavy (non-hydrogen) atoms. The molecule has 0 heterocycles. The number of aliphatic hydroxyl groups excluding tert-OH is 1. The minimum atomic E-state index is -1.80. The summed E-state index contributed by atoms with van der Waals surface area (Å²) in [6.07, 6.45) is 0.794. The Bertz CT molecular complexity index is 975. The van der Waals surface area contributed by atoms with Gasteiger partial charge in [0, 0.05) is 12.2 Å². The van der Waals surface area contributed by atoms with E-state index in [-0.39, 0.29) is 23.3 Å². The summed E-state index contributed by atoms with van der Waals surface area (Å²) in [6, 6.07) is 5.02. The summed E-state index contributed by atoms with van der Waals surface area (Å²) in [7, 11) is -2.26. The molecule has 1 aliphatic carbocycles. The van der Waals surface area contributed by atoms with Crippen molar-refractivity contribution >= 4 is 36.2 Å². The molecule has 0 amide bonds. The zero-order valence-corrected chi connectivity index (χ0v) is 18.0. The molecule has 0 aromatic heterocycles. The molecule has 6 nitrogen and oxygen atoms in total. The summed E-state index contributed by atoms with van der Waals surface area (Å²) in [6.45, 7) is 1.69. The first-order valence-electron chi connectivity index (χ1n) is 9.03. The number of benzene rings is 2. The van der Waals surface area contributed by atoms with Crippen LogP contribution in [0.25, 0.3) is 0 Å². The van der Waals surface area contributed by atoms with Gasteiger partial charge in [-0.25, -0.2) is 17.4 Å². The maximum absolute atomic E-state index is 14.7. The highest BCUT2D eigenvalue weighted by Crippen LogP contribution is 2.51. The zero-order chi connectivity index (χ0) is 22.1. The van der Waals surface area contributed by atoms with Gasteiger partial charge in [0.25, 0.3) is 0 Å². The number of aryl methyl sites for hydroxylation is 1. The van der Waals surface area contributed by atoms with Crippen molar-refractivity contribution in [3.63, 3.8) is 0 Å². The van der Waals surface area contributed by atoms with E-state index in [0.29, 0.717) is 18.4 Å². The highest BCUT2D eigenvalue weighted by atomic mass is 32.2. The van der Waals surface area contributed by atoms with E-state index in [0.717, 1.165) is 6.07 Å². The van der Waals surface area contributed by atoms with Crippen molar-refractivity contribution in [2.75, 3.05) is 29.7 Å². The Morgan fingerprint density at radius 2 is 1.90 bits per heavy atom. The van der Waals surface area contributed by atoms with E-state index in [9.17, 15) is 22.3 Å². The molecule has 0 bridgehead atoms. The van der Waals surface area contributed by atoms with Crippen molar-refractivity contribution < 1.29 is 32.1 Å². The second-order valence-corrected chi connectivity index (χ2v) is 10.3. The summed E-state index contributed by atoms with van der Waals surface area (Å²) < 4.78 is 63.1. The molecule has 0 aliphatic heterocycles. The Kier molecular flexibility index (Phi) is 6.91. The fourth-order valence-corrected chi connectivity index (χ4v) is 6.04. The number of halogens is 3. The van der Waals surface area contributed by atoms with Crippen LogP contribution >= 0.6 is 8.15 Å². The number of rotatable bonds is 9. The van der Waals surface area contributed by atoms with E-state index in [1.807, 2.05) is 0 Å². The fourth-order valence-electron chi connectivity index (χ4n) is 2.96. The lowest BCUT2D eigenvalue weighted by Gasteiger charge is -2.22. The van der Waals surface area contributed by atoms with E-state index in [4.69, 9.17) is 9.84 Å². The van der Waals surface area contributed by atoms with Gasteiger partial charge in [-0.2, -0.15) is 0 Å². The van der Waals surface area contributed by atoms with E-state index in [2.05, 4.69) is 10.0 Å². The van der Waals surface area contributed by atoms with E-state index in [1.165, 1.54) is 19.2 Å². The molecular formula is C19H22F3N2O4PS. The van der Waals surface area contributed by atoms with Crippen LogP contribution in [0.1, 0.15) is 18.4 Å². The van der Waals surface area contributed by atoms with Crippen LogP contribution in [-0.2, 0) is 11.0 Å². The van der Waals surface area contributed by atoms with Gasteiger partial charge in [-0.1, -0.05) is 6.07 Å². The third-order valence-electron chi connectivity index (χ3n) is 4.82. The maximum atomic E-state index is 14.7. The lowest BCUT2D eigenvalue weighted by Crippen LogP contribution is -2.27. The molecular weight excluding hydrogens is 440 g/mol. The number of aliphatic hydroxyl groups is 1. The molecule has 0 saturated heterocycles.